The lowest BCUT2D eigenvalue weighted by Gasteiger charge is -2.10. The Bertz CT molecular complexity index is 841. The molecule has 126 valence electrons. The molecule has 0 heterocycles. The zero-order valence-corrected chi connectivity index (χ0v) is 14.1. The number of amides is 1. The number of aryl methyl sites for hydroxylation is 1. The van der Waals surface area contributed by atoms with Crippen molar-refractivity contribution in [3.05, 3.63) is 59.2 Å². The van der Waals surface area contributed by atoms with Crippen molar-refractivity contribution >= 4 is 35.6 Å². The SMILES string of the molecule is Cc1cc(SC#N)ccc1NC(=O)COC(=O)c1ccc(C=O)cc1. The zero-order chi connectivity index (χ0) is 18.2. The van der Waals surface area contributed by atoms with Crippen LogP contribution in [-0.2, 0) is 9.53 Å². The number of nitriles is 1. The number of anilines is 1. The van der Waals surface area contributed by atoms with Crippen LogP contribution >= 0.6 is 11.8 Å². The summed E-state index contributed by atoms with van der Waals surface area (Å²) < 4.78 is 4.95. The molecule has 1 amide bonds. The van der Waals surface area contributed by atoms with Gasteiger partial charge in [0.1, 0.15) is 11.7 Å². The normalized spacial score (nSPS) is 9.76. The lowest BCUT2D eigenvalue weighted by molar-refractivity contribution is -0.119. The van der Waals surface area contributed by atoms with Gasteiger partial charge in [0.15, 0.2) is 6.61 Å². The predicted octanol–water partition coefficient (Wildman–Crippen LogP) is 3.18. The number of carbonyl (C=O) groups is 3. The van der Waals surface area contributed by atoms with Crippen molar-refractivity contribution in [2.45, 2.75) is 11.8 Å². The first kappa shape index (κ1) is 18.2. The van der Waals surface area contributed by atoms with Gasteiger partial charge in [-0.25, -0.2) is 4.79 Å². The van der Waals surface area contributed by atoms with Gasteiger partial charge >= 0.3 is 5.97 Å². The van der Waals surface area contributed by atoms with Gasteiger partial charge < -0.3 is 10.1 Å². The Balaban J connectivity index is 1.90. The Hall–Kier alpha value is -3.11. The minimum absolute atomic E-state index is 0.257. The molecule has 0 saturated carbocycles. The van der Waals surface area contributed by atoms with Crippen molar-refractivity contribution in [3.63, 3.8) is 0 Å². The summed E-state index contributed by atoms with van der Waals surface area (Å²) in [6.45, 7) is 1.38. The lowest BCUT2D eigenvalue weighted by atomic mass is 10.1. The number of ether oxygens (including phenoxy) is 1. The zero-order valence-electron chi connectivity index (χ0n) is 13.3. The molecule has 2 aromatic carbocycles. The van der Waals surface area contributed by atoms with E-state index in [1.54, 1.807) is 25.1 Å². The van der Waals surface area contributed by atoms with Crippen LogP contribution in [0.5, 0.6) is 0 Å². The van der Waals surface area contributed by atoms with E-state index in [0.29, 0.717) is 17.5 Å². The Morgan fingerprint density at radius 2 is 1.96 bits per heavy atom. The average Bonchev–Trinajstić information content (AvgIpc) is 2.62. The highest BCUT2D eigenvalue weighted by atomic mass is 32.2. The van der Waals surface area contributed by atoms with E-state index < -0.39 is 18.5 Å². The number of nitrogens with zero attached hydrogens (tertiary/aromatic N) is 1. The van der Waals surface area contributed by atoms with E-state index in [4.69, 9.17) is 10.00 Å². The molecule has 0 aromatic heterocycles. The Labute approximate surface area is 148 Å². The van der Waals surface area contributed by atoms with Gasteiger partial charge in [-0.05, 0) is 54.6 Å². The molecule has 0 radical (unpaired) electrons. The maximum Gasteiger partial charge on any atom is 0.338 e. The van der Waals surface area contributed by atoms with Gasteiger partial charge in [-0.15, -0.1) is 0 Å². The summed E-state index contributed by atoms with van der Waals surface area (Å²) in [5.74, 6) is -1.12. The van der Waals surface area contributed by atoms with Crippen LogP contribution in [0.25, 0.3) is 0 Å². The van der Waals surface area contributed by atoms with E-state index in [2.05, 4.69) is 5.32 Å². The minimum Gasteiger partial charge on any atom is -0.452 e. The van der Waals surface area contributed by atoms with E-state index in [1.165, 1.54) is 24.3 Å². The summed E-state index contributed by atoms with van der Waals surface area (Å²) in [7, 11) is 0. The first-order chi connectivity index (χ1) is 12.0. The molecule has 6 nitrogen and oxygen atoms in total. The minimum atomic E-state index is -0.648. The summed E-state index contributed by atoms with van der Waals surface area (Å²) in [5, 5.41) is 13.3. The second-order valence-corrected chi connectivity index (χ2v) is 5.89. The number of aldehydes is 1. The van der Waals surface area contributed by atoms with Crippen LogP contribution in [0, 0.1) is 17.6 Å². The molecule has 2 rings (SSSR count). The number of rotatable bonds is 6. The fourth-order valence-electron chi connectivity index (χ4n) is 1.99. The third kappa shape index (κ3) is 5.19. The van der Waals surface area contributed by atoms with E-state index in [-0.39, 0.29) is 5.56 Å². The molecule has 0 spiro atoms. The van der Waals surface area contributed by atoms with Crippen molar-refractivity contribution in [1.29, 1.82) is 5.26 Å². The van der Waals surface area contributed by atoms with Crippen molar-refractivity contribution in [3.8, 4) is 5.40 Å². The molecule has 0 aliphatic rings. The maximum absolute atomic E-state index is 11.9. The Kier molecular flexibility index (Phi) is 6.32. The molecule has 0 atom stereocenters. The van der Waals surface area contributed by atoms with Crippen molar-refractivity contribution in [2.75, 3.05) is 11.9 Å². The highest BCUT2D eigenvalue weighted by Gasteiger charge is 2.11. The summed E-state index contributed by atoms with van der Waals surface area (Å²) in [4.78, 5) is 35.1. The molecule has 7 heteroatoms. The van der Waals surface area contributed by atoms with Crippen LogP contribution < -0.4 is 5.32 Å². The summed E-state index contributed by atoms with van der Waals surface area (Å²) in [6.07, 6.45) is 0.672. The first-order valence-electron chi connectivity index (χ1n) is 7.22. The fraction of sp³-hybridized carbons (Fsp3) is 0.111. The van der Waals surface area contributed by atoms with Gasteiger partial charge in [-0.3, -0.25) is 9.59 Å². The Morgan fingerprint density at radius 3 is 2.56 bits per heavy atom. The monoisotopic (exact) mass is 354 g/mol. The van der Waals surface area contributed by atoms with Crippen LogP contribution in [0.1, 0.15) is 26.3 Å². The van der Waals surface area contributed by atoms with E-state index in [9.17, 15) is 14.4 Å². The second-order valence-electron chi connectivity index (χ2n) is 5.03. The largest absolute Gasteiger partial charge is 0.452 e. The van der Waals surface area contributed by atoms with Crippen molar-refractivity contribution < 1.29 is 19.1 Å². The van der Waals surface area contributed by atoms with Crippen LogP contribution in [0.2, 0.25) is 0 Å². The topological polar surface area (TPSA) is 96.3 Å². The molecule has 0 fully saturated rings. The Morgan fingerprint density at radius 1 is 1.24 bits per heavy atom. The van der Waals surface area contributed by atoms with Crippen LogP contribution in [0.15, 0.2) is 47.4 Å². The molecule has 0 saturated heterocycles. The fourth-order valence-corrected chi connectivity index (χ4v) is 2.47. The highest BCUT2D eigenvalue weighted by Crippen LogP contribution is 2.23. The van der Waals surface area contributed by atoms with Gasteiger partial charge in [0.05, 0.1) is 5.56 Å². The summed E-state index contributed by atoms with van der Waals surface area (Å²) in [6, 6.07) is 11.1. The number of carbonyl (C=O) groups excluding carboxylic acids is 3. The maximum atomic E-state index is 11.9. The number of thioether (sulfide) groups is 1. The van der Waals surface area contributed by atoms with E-state index in [0.717, 1.165) is 22.2 Å². The number of benzene rings is 2. The number of nitrogens with one attached hydrogen (secondary N) is 1. The van der Waals surface area contributed by atoms with Crippen molar-refractivity contribution in [2.24, 2.45) is 0 Å². The molecular weight excluding hydrogens is 340 g/mol. The van der Waals surface area contributed by atoms with Gasteiger partial charge in [0.25, 0.3) is 5.91 Å². The number of thiocyanates is 1. The van der Waals surface area contributed by atoms with Crippen LogP contribution in [0.3, 0.4) is 0 Å². The highest BCUT2D eigenvalue weighted by molar-refractivity contribution is 8.03. The van der Waals surface area contributed by atoms with Crippen molar-refractivity contribution in [1.82, 2.24) is 0 Å². The third-order valence-corrected chi connectivity index (χ3v) is 3.83. The standard InChI is InChI=1S/C18H14N2O4S/c1-12-8-15(25-11-19)6-7-16(12)20-17(22)10-24-18(23)14-4-2-13(9-21)3-5-14/h2-9H,10H2,1H3,(H,20,22). The van der Waals surface area contributed by atoms with Gasteiger partial charge in [-0.2, -0.15) is 5.26 Å². The molecule has 0 aliphatic carbocycles. The van der Waals surface area contributed by atoms with Crippen LogP contribution in [0.4, 0.5) is 5.69 Å². The summed E-state index contributed by atoms with van der Waals surface area (Å²) >= 11 is 1.03. The molecule has 0 bridgehead atoms. The average molecular weight is 354 g/mol. The number of hydrogen-bond acceptors (Lipinski definition) is 6. The lowest BCUT2D eigenvalue weighted by Crippen LogP contribution is -2.21. The molecular formula is C18H14N2O4S. The number of esters is 1. The first-order valence-corrected chi connectivity index (χ1v) is 8.04. The molecule has 1 N–H and O–H groups in total. The van der Waals surface area contributed by atoms with Crippen LogP contribution in [-0.4, -0.2) is 24.8 Å². The van der Waals surface area contributed by atoms with Gasteiger partial charge in [-0.1, -0.05) is 12.1 Å². The molecule has 0 aliphatic heterocycles. The van der Waals surface area contributed by atoms with Gasteiger partial charge in [0, 0.05) is 16.1 Å². The second kappa shape index (κ2) is 8.66. The third-order valence-electron chi connectivity index (χ3n) is 3.25. The smallest absolute Gasteiger partial charge is 0.338 e. The molecule has 0 unspecified atom stereocenters. The predicted molar refractivity (Wildman–Crippen MR) is 93.4 cm³/mol. The van der Waals surface area contributed by atoms with E-state index in [1.807, 2.05) is 5.40 Å². The molecule has 25 heavy (non-hydrogen) atoms. The molecule has 2 aromatic rings. The summed E-state index contributed by atoms with van der Waals surface area (Å²) in [5.41, 5.74) is 2.08. The number of hydrogen-bond donors (Lipinski definition) is 1. The quantitative estimate of drug-likeness (QED) is 0.370. The van der Waals surface area contributed by atoms with Gasteiger partial charge in [0.2, 0.25) is 0 Å². The van der Waals surface area contributed by atoms with E-state index >= 15 is 0 Å².